The van der Waals surface area contributed by atoms with Crippen molar-refractivity contribution in [2.75, 3.05) is 39.9 Å². The van der Waals surface area contributed by atoms with Crippen LogP contribution in [0.1, 0.15) is 34.6 Å². The average Bonchev–Trinajstić information content (AvgIpc) is 3.26. The van der Waals surface area contributed by atoms with E-state index < -0.39 is 12.0 Å². The molecule has 34 heavy (non-hydrogen) atoms. The predicted molar refractivity (Wildman–Crippen MR) is 125 cm³/mol. The molecule has 1 N–H and O–H groups in total. The molecule has 3 heterocycles. The maximum atomic E-state index is 12.6. The molecule has 0 amide bonds. The number of methoxy groups -OCH3 is 1. The van der Waals surface area contributed by atoms with Gasteiger partial charge in [0.15, 0.2) is 5.65 Å². The van der Waals surface area contributed by atoms with Gasteiger partial charge >= 0.3 is 11.9 Å². The molecule has 0 bridgehead atoms. The fourth-order valence-corrected chi connectivity index (χ4v) is 4.40. The first-order valence-corrected chi connectivity index (χ1v) is 11.4. The van der Waals surface area contributed by atoms with Crippen LogP contribution in [0.25, 0.3) is 5.65 Å². The summed E-state index contributed by atoms with van der Waals surface area (Å²) < 4.78 is 11.3. The first-order chi connectivity index (χ1) is 16.4. The van der Waals surface area contributed by atoms with Crippen molar-refractivity contribution in [3.05, 3.63) is 68.7 Å². The lowest BCUT2D eigenvalue weighted by Gasteiger charge is -2.38. The summed E-state index contributed by atoms with van der Waals surface area (Å²) in [6.07, 6.45) is 1.42. The molecule has 11 heteroatoms. The molecule has 1 atom stereocenters. The minimum absolute atomic E-state index is 0.214. The molecule has 1 aliphatic heterocycles. The number of hydrogen-bond acceptors (Lipinski definition) is 8. The highest BCUT2D eigenvalue weighted by Gasteiger charge is 2.32. The second-order valence-corrected chi connectivity index (χ2v) is 8.32. The molecular weight excluding hydrogens is 462 g/mol. The Morgan fingerprint density at radius 3 is 2.62 bits per heavy atom. The van der Waals surface area contributed by atoms with Crippen LogP contribution in [-0.4, -0.2) is 76.2 Å². The van der Waals surface area contributed by atoms with E-state index >= 15 is 0 Å². The molecule has 180 valence electrons. The highest BCUT2D eigenvalue weighted by atomic mass is 35.5. The largest absolute Gasteiger partial charge is 0.468 e. The molecular formula is C23H26ClN5O5. The number of halogens is 1. The van der Waals surface area contributed by atoms with Crippen molar-refractivity contribution in [2.24, 2.45) is 0 Å². The van der Waals surface area contributed by atoms with Crippen molar-refractivity contribution in [2.45, 2.75) is 19.5 Å². The first kappa shape index (κ1) is 23.9. The van der Waals surface area contributed by atoms with Crippen molar-refractivity contribution in [1.29, 1.82) is 0 Å². The van der Waals surface area contributed by atoms with Crippen molar-refractivity contribution >= 4 is 29.2 Å². The van der Waals surface area contributed by atoms with Gasteiger partial charge in [0, 0.05) is 50.0 Å². The van der Waals surface area contributed by atoms with Crippen LogP contribution in [0.2, 0.25) is 5.02 Å². The Bertz CT molecular complexity index is 1250. The van der Waals surface area contributed by atoms with Crippen LogP contribution in [0.5, 0.6) is 0 Å². The van der Waals surface area contributed by atoms with Gasteiger partial charge in [-0.3, -0.25) is 19.7 Å². The van der Waals surface area contributed by atoms with Crippen molar-refractivity contribution in [3.8, 4) is 0 Å². The van der Waals surface area contributed by atoms with Gasteiger partial charge in [-0.25, -0.2) is 19.1 Å². The van der Waals surface area contributed by atoms with Crippen molar-refractivity contribution in [1.82, 2.24) is 24.4 Å². The number of aromatic nitrogens is 3. The van der Waals surface area contributed by atoms with Gasteiger partial charge in [-0.15, -0.1) is 0 Å². The van der Waals surface area contributed by atoms with Crippen LogP contribution >= 0.6 is 11.6 Å². The molecule has 0 saturated carbocycles. The van der Waals surface area contributed by atoms with Gasteiger partial charge in [-0.2, -0.15) is 0 Å². The molecule has 1 unspecified atom stereocenters. The maximum Gasteiger partial charge on any atom is 0.343 e. The second kappa shape index (κ2) is 10.4. The van der Waals surface area contributed by atoms with Crippen LogP contribution < -0.4 is 5.56 Å². The molecule has 2 aromatic heterocycles. The zero-order chi connectivity index (χ0) is 24.2. The molecule has 3 aromatic rings. The number of aromatic amines is 1. The minimum atomic E-state index is -0.591. The Hall–Kier alpha value is -3.21. The van der Waals surface area contributed by atoms with Crippen LogP contribution in [0.3, 0.4) is 0 Å². The molecule has 4 rings (SSSR count). The Morgan fingerprint density at radius 2 is 1.94 bits per heavy atom. The molecule has 10 nitrogen and oxygen atoms in total. The monoisotopic (exact) mass is 487 g/mol. The number of fused-ring (bicyclic) bond motifs is 1. The van der Waals surface area contributed by atoms with Gasteiger partial charge in [0.1, 0.15) is 11.6 Å². The van der Waals surface area contributed by atoms with E-state index in [1.165, 1.54) is 23.9 Å². The van der Waals surface area contributed by atoms with Gasteiger partial charge in [0.2, 0.25) is 0 Å². The lowest BCUT2D eigenvalue weighted by molar-refractivity contribution is -0.148. The van der Waals surface area contributed by atoms with E-state index in [-0.39, 0.29) is 29.3 Å². The highest BCUT2D eigenvalue weighted by molar-refractivity contribution is 6.31. The van der Waals surface area contributed by atoms with Crippen LogP contribution in [0.4, 0.5) is 0 Å². The van der Waals surface area contributed by atoms with E-state index in [2.05, 4.69) is 15.0 Å². The summed E-state index contributed by atoms with van der Waals surface area (Å²) in [7, 11) is 1.37. The molecule has 0 radical (unpaired) electrons. The topological polar surface area (TPSA) is 109 Å². The number of piperazine rings is 1. The number of rotatable bonds is 7. The quantitative estimate of drug-likeness (QED) is 0.503. The molecule has 1 saturated heterocycles. The summed E-state index contributed by atoms with van der Waals surface area (Å²) in [6.45, 7) is 4.88. The predicted octanol–water partition coefficient (Wildman–Crippen LogP) is 1.88. The van der Waals surface area contributed by atoms with E-state index in [1.807, 2.05) is 23.1 Å². The molecule has 0 aliphatic carbocycles. The second-order valence-electron chi connectivity index (χ2n) is 7.91. The Morgan fingerprint density at radius 1 is 1.21 bits per heavy atom. The van der Waals surface area contributed by atoms with Crippen LogP contribution in [0, 0.1) is 0 Å². The number of ether oxygens (including phenoxy) is 2. The SMILES string of the molecule is CCOC(=O)c1c[nH]n2c(=O)cc(CN3CCN(C(C(=O)OC)c4ccccc4Cl)CC3)nc12. The van der Waals surface area contributed by atoms with E-state index in [1.54, 1.807) is 13.0 Å². The van der Waals surface area contributed by atoms with Gasteiger partial charge in [0.25, 0.3) is 5.56 Å². The zero-order valence-electron chi connectivity index (χ0n) is 19.0. The number of H-pyrrole nitrogens is 1. The first-order valence-electron chi connectivity index (χ1n) is 11.0. The smallest absolute Gasteiger partial charge is 0.343 e. The zero-order valence-corrected chi connectivity index (χ0v) is 19.7. The summed E-state index contributed by atoms with van der Waals surface area (Å²) in [5.41, 5.74) is 1.41. The van der Waals surface area contributed by atoms with E-state index in [0.717, 1.165) is 0 Å². The number of esters is 2. The minimum Gasteiger partial charge on any atom is -0.468 e. The van der Waals surface area contributed by atoms with Crippen LogP contribution in [0.15, 0.2) is 41.3 Å². The average molecular weight is 488 g/mol. The van der Waals surface area contributed by atoms with Gasteiger partial charge in [-0.1, -0.05) is 29.8 Å². The number of nitrogens with one attached hydrogen (secondary N) is 1. The third kappa shape index (κ3) is 4.84. The summed E-state index contributed by atoms with van der Waals surface area (Å²) >= 11 is 6.36. The molecule has 1 aliphatic rings. The standard InChI is InChI=1S/C23H26ClN5O5/c1-3-34-22(31)17-13-25-29-19(30)12-15(26-21(17)29)14-27-8-10-28(11-9-27)20(23(32)33-2)16-6-4-5-7-18(16)24/h4-7,12-13,20,25H,3,8-11,14H2,1-2H3. The normalized spacial score (nSPS) is 15.9. The van der Waals surface area contributed by atoms with E-state index in [9.17, 15) is 14.4 Å². The van der Waals surface area contributed by atoms with Gasteiger partial charge in [-0.05, 0) is 18.6 Å². The fourth-order valence-electron chi connectivity index (χ4n) is 4.16. The van der Waals surface area contributed by atoms with E-state index in [4.69, 9.17) is 21.1 Å². The summed E-state index contributed by atoms with van der Waals surface area (Å²) in [4.78, 5) is 46.0. The highest BCUT2D eigenvalue weighted by Crippen LogP contribution is 2.29. The lowest BCUT2D eigenvalue weighted by Crippen LogP contribution is -2.49. The maximum absolute atomic E-state index is 12.6. The lowest BCUT2D eigenvalue weighted by atomic mass is 10.0. The number of benzene rings is 1. The number of carbonyl (C=O) groups is 2. The molecule has 1 fully saturated rings. The van der Waals surface area contributed by atoms with Crippen molar-refractivity contribution < 1.29 is 19.1 Å². The molecule has 1 aromatic carbocycles. The summed E-state index contributed by atoms with van der Waals surface area (Å²) in [5, 5.41) is 3.26. The Kier molecular flexibility index (Phi) is 7.30. The number of nitrogens with zero attached hydrogens (tertiary/aromatic N) is 4. The third-order valence-corrected chi connectivity index (χ3v) is 6.17. The van der Waals surface area contributed by atoms with Crippen molar-refractivity contribution in [3.63, 3.8) is 0 Å². The Balaban J connectivity index is 1.49. The fraction of sp³-hybridized carbons (Fsp3) is 0.391. The van der Waals surface area contributed by atoms with Gasteiger partial charge < -0.3 is 9.47 Å². The van der Waals surface area contributed by atoms with E-state index in [0.29, 0.717) is 49.0 Å². The Labute approximate surface area is 201 Å². The third-order valence-electron chi connectivity index (χ3n) is 5.83. The van der Waals surface area contributed by atoms with Crippen LogP contribution in [-0.2, 0) is 20.8 Å². The summed E-state index contributed by atoms with van der Waals surface area (Å²) in [6, 6.07) is 8.12. The number of carbonyl (C=O) groups excluding carboxylic acids is 2. The van der Waals surface area contributed by atoms with Gasteiger partial charge in [0.05, 0.1) is 19.4 Å². The number of hydrogen-bond donors (Lipinski definition) is 1. The summed E-state index contributed by atoms with van der Waals surface area (Å²) in [5.74, 6) is -0.895. The molecule has 0 spiro atoms.